The van der Waals surface area contributed by atoms with Crippen LogP contribution in [0.1, 0.15) is 24.0 Å². The molecule has 0 amide bonds. The van der Waals surface area contributed by atoms with Gasteiger partial charge in [0.1, 0.15) is 18.0 Å². The van der Waals surface area contributed by atoms with Crippen molar-refractivity contribution in [2.75, 3.05) is 43.5 Å². The number of aliphatic hydroxyl groups excluding tert-OH is 1. The molecule has 6 nitrogen and oxygen atoms in total. The second-order valence-corrected chi connectivity index (χ2v) is 7.99. The van der Waals surface area contributed by atoms with Crippen molar-refractivity contribution in [2.45, 2.75) is 38.0 Å². The van der Waals surface area contributed by atoms with Crippen molar-refractivity contribution in [3.63, 3.8) is 0 Å². The first-order valence-electron chi connectivity index (χ1n) is 9.83. The van der Waals surface area contributed by atoms with Crippen LogP contribution in [0.5, 0.6) is 0 Å². The maximum Gasteiger partial charge on any atom is 0.134 e. The summed E-state index contributed by atoms with van der Waals surface area (Å²) in [6, 6.07) is 11.1. The van der Waals surface area contributed by atoms with Crippen LogP contribution in [0.2, 0.25) is 0 Å². The second-order valence-electron chi connectivity index (χ2n) is 7.99. The third-order valence-corrected chi connectivity index (χ3v) is 5.58. The van der Waals surface area contributed by atoms with E-state index in [-0.39, 0.29) is 12.1 Å². The topological polar surface area (TPSA) is 55.7 Å². The normalized spacial score (nSPS) is 22.8. The lowest BCUT2D eigenvalue weighted by Gasteiger charge is -2.29. The monoisotopic (exact) mass is 367 g/mol. The van der Waals surface area contributed by atoms with E-state index in [0.29, 0.717) is 6.54 Å². The molecule has 0 unspecified atom stereocenters. The Kier molecular flexibility index (Phi) is 5.27. The van der Waals surface area contributed by atoms with Crippen LogP contribution in [0.4, 0.5) is 11.6 Å². The highest BCUT2D eigenvalue weighted by atomic mass is 16.3. The lowest BCUT2D eigenvalue weighted by atomic mass is 10.0. The smallest absolute Gasteiger partial charge is 0.134 e. The molecule has 2 atom stereocenters. The minimum atomic E-state index is -0.293. The van der Waals surface area contributed by atoms with Gasteiger partial charge in [-0.05, 0) is 44.5 Å². The van der Waals surface area contributed by atoms with Gasteiger partial charge in [-0.3, -0.25) is 0 Å². The van der Waals surface area contributed by atoms with Crippen LogP contribution in [0, 0.1) is 0 Å². The Balaban J connectivity index is 1.57. The fourth-order valence-corrected chi connectivity index (χ4v) is 4.33. The predicted molar refractivity (Wildman–Crippen MR) is 108 cm³/mol. The first-order chi connectivity index (χ1) is 13.1. The molecule has 4 rings (SSSR count). The minimum absolute atomic E-state index is 0.280. The molecule has 1 aromatic heterocycles. The van der Waals surface area contributed by atoms with Crippen molar-refractivity contribution in [2.24, 2.45) is 0 Å². The Hall–Kier alpha value is -2.18. The number of rotatable bonds is 4. The van der Waals surface area contributed by atoms with E-state index in [0.717, 1.165) is 50.5 Å². The number of aromatic nitrogens is 2. The number of hydrogen-bond acceptors (Lipinski definition) is 6. The zero-order valence-corrected chi connectivity index (χ0v) is 16.3. The van der Waals surface area contributed by atoms with E-state index in [9.17, 15) is 5.11 Å². The van der Waals surface area contributed by atoms with Gasteiger partial charge >= 0.3 is 0 Å². The van der Waals surface area contributed by atoms with Crippen LogP contribution in [0.25, 0.3) is 0 Å². The van der Waals surface area contributed by atoms with E-state index in [1.165, 1.54) is 11.1 Å². The average Bonchev–Trinajstić information content (AvgIpc) is 2.88. The molecule has 6 heteroatoms. The number of hydrogen-bond donors (Lipinski definition) is 1. The second kappa shape index (κ2) is 7.82. The van der Waals surface area contributed by atoms with E-state index < -0.39 is 0 Å². The molecule has 0 radical (unpaired) electrons. The third kappa shape index (κ3) is 4.06. The van der Waals surface area contributed by atoms with Gasteiger partial charge in [-0.2, -0.15) is 0 Å². The van der Waals surface area contributed by atoms with Crippen molar-refractivity contribution in [3.05, 3.63) is 47.8 Å². The van der Waals surface area contributed by atoms with Gasteiger partial charge in [0, 0.05) is 38.3 Å². The molecule has 1 N–H and O–H groups in total. The molecule has 1 saturated heterocycles. The number of fused-ring (bicyclic) bond motifs is 1. The highest BCUT2D eigenvalue weighted by Gasteiger charge is 2.32. The Bertz CT molecular complexity index is 781. The van der Waals surface area contributed by atoms with E-state index in [1.54, 1.807) is 6.33 Å². The minimum Gasteiger partial charge on any atom is -0.391 e. The summed E-state index contributed by atoms with van der Waals surface area (Å²) in [6.45, 7) is 3.43. The molecule has 1 fully saturated rings. The van der Waals surface area contributed by atoms with Crippen molar-refractivity contribution < 1.29 is 5.11 Å². The summed E-state index contributed by atoms with van der Waals surface area (Å²) in [5.74, 6) is 1.89. The average molecular weight is 367 g/mol. The Labute approximate surface area is 161 Å². The molecule has 2 aliphatic rings. The molecule has 1 aromatic carbocycles. The highest BCUT2D eigenvalue weighted by Crippen LogP contribution is 2.28. The van der Waals surface area contributed by atoms with Crippen LogP contribution < -0.4 is 9.80 Å². The first-order valence-corrected chi connectivity index (χ1v) is 9.83. The Morgan fingerprint density at radius 1 is 1.15 bits per heavy atom. The number of β-amino-alcohol motifs (C(OH)–C–C–N with tert-alkyl or cyclic N) is 1. The standard InChI is InChI=1S/C21H29N5O/c1-24(2)13-18-10-19(27)14-26(18)21-11-20(22-15-23-21)25-9-5-8-16-6-3-4-7-17(16)12-25/h3-4,6-7,11,15,18-19,27H,5,8-10,12-14H2,1-2H3/t18-,19-/m1/s1. The quantitative estimate of drug-likeness (QED) is 0.891. The number of anilines is 2. The number of nitrogens with zero attached hydrogens (tertiary/aromatic N) is 5. The molecule has 2 aliphatic heterocycles. The Morgan fingerprint density at radius 3 is 2.74 bits per heavy atom. The SMILES string of the molecule is CN(C)C[C@H]1C[C@@H](O)CN1c1cc(N2CCCc3ccccc3C2)ncn1. The van der Waals surface area contributed by atoms with Crippen molar-refractivity contribution in [1.82, 2.24) is 14.9 Å². The maximum atomic E-state index is 10.2. The van der Waals surface area contributed by atoms with Crippen LogP contribution >= 0.6 is 0 Å². The molecule has 2 aromatic rings. The van der Waals surface area contributed by atoms with Crippen molar-refractivity contribution in [1.29, 1.82) is 0 Å². The highest BCUT2D eigenvalue weighted by molar-refractivity contribution is 5.52. The molecule has 144 valence electrons. The lowest BCUT2D eigenvalue weighted by molar-refractivity contribution is 0.191. The van der Waals surface area contributed by atoms with Crippen LogP contribution in [0.3, 0.4) is 0 Å². The van der Waals surface area contributed by atoms with Crippen molar-refractivity contribution >= 4 is 11.6 Å². The van der Waals surface area contributed by atoms with Gasteiger partial charge in [-0.1, -0.05) is 24.3 Å². The summed E-state index contributed by atoms with van der Waals surface area (Å²) < 4.78 is 0. The van der Waals surface area contributed by atoms with Gasteiger partial charge in [0.2, 0.25) is 0 Å². The molecule has 0 spiro atoms. The van der Waals surface area contributed by atoms with Crippen LogP contribution in [0.15, 0.2) is 36.7 Å². The third-order valence-electron chi connectivity index (χ3n) is 5.58. The molecular formula is C21H29N5O. The summed E-state index contributed by atoms with van der Waals surface area (Å²) >= 11 is 0. The van der Waals surface area contributed by atoms with Gasteiger partial charge in [0.05, 0.1) is 6.10 Å². The van der Waals surface area contributed by atoms with Gasteiger partial charge in [-0.25, -0.2) is 9.97 Å². The van der Waals surface area contributed by atoms with Crippen molar-refractivity contribution in [3.8, 4) is 0 Å². The van der Waals surface area contributed by atoms with Crippen LogP contribution in [-0.4, -0.2) is 65.8 Å². The molecule has 3 heterocycles. The van der Waals surface area contributed by atoms with Gasteiger partial charge in [0.25, 0.3) is 0 Å². The fraction of sp³-hybridized carbons (Fsp3) is 0.524. The molecule has 27 heavy (non-hydrogen) atoms. The van der Waals surface area contributed by atoms with E-state index >= 15 is 0 Å². The molecule has 0 aliphatic carbocycles. The molecule has 0 saturated carbocycles. The predicted octanol–water partition coefficient (Wildman–Crippen LogP) is 1.93. The first kappa shape index (κ1) is 18.2. The molecular weight excluding hydrogens is 338 g/mol. The number of likely N-dealkylation sites (N-methyl/N-ethyl adjacent to an activating group) is 1. The van der Waals surface area contributed by atoms with E-state index in [2.05, 4.69) is 69.1 Å². The largest absolute Gasteiger partial charge is 0.391 e. The summed E-state index contributed by atoms with van der Waals surface area (Å²) in [6.07, 6.45) is 4.40. The number of aryl methyl sites for hydroxylation is 1. The zero-order chi connectivity index (χ0) is 18.8. The van der Waals surface area contributed by atoms with Gasteiger partial charge in [-0.15, -0.1) is 0 Å². The zero-order valence-electron chi connectivity index (χ0n) is 16.3. The summed E-state index contributed by atoms with van der Waals surface area (Å²) in [5, 5.41) is 10.2. The number of aliphatic hydroxyl groups is 1. The lowest BCUT2D eigenvalue weighted by Crippen LogP contribution is -2.38. The van der Waals surface area contributed by atoms with Gasteiger partial charge in [0.15, 0.2) is 0 Å². The Morgan fingerprint density at radius 2 is 1.93 bits per heavy atom. The summed E-state index contributed by atoms with van der Waals surface area (Å²) in [7, 11) is 4.14. The maximum absolute atomic E-state index is 10.2. The van der Waals surface area contributed by atoms with E-state index in [4.69, 9.17) is 0 Å². The fourth-order valence-electron chi connectivity index (χ4n) is 4.33. The van der Waals surface area contributed by atoms with Crippen LogP contribution in [-0.2, 0) is 13.0 Å². The van der Waals surface area contributed by atoms with Gasteiger partial charge < -0.3 is 19.8 Å². The number of benzene rings is 1. The summed E-state index contributed by atoms with van der Waals surface area (Å²) in [4.78, 5) is 15.9. The summed E-state index contributed by atoms with van der Waals surface area (Å²) in [5.41, 5.74) is 2.83. The molecule has 0 bridgehead atoms. The van der Waals surface area contributed by atoms with E-state index in [1.807, 2.05) is 0 Å².